The lowest BCUT2D eigenvalue weighted by atomic mass is 9.94. The first-order valence-corrected chi connectivity index (χ1v) is 16.4. The Bertz CT molecular complexity index is 1300. The number of amides is 2. The fraction of sp³-hybridized carbons (Fsp3) is 0.731. The Morgan fingerprint density at radius 3 is 1.36 bits per heavy atom. The molecular weight excluding hydrogens is 809 g/mol. The smallest absolute Gasteiger partial charge is 0.303 e. The van der Waals surface area contributed by atoms with Gasteiger partial charge in [0.2, 0.25) is 0 Å². The lowest BCUT2D eigenvalue weighted by Gasteiger charge is -2.49. The highest BCUT2D eigenvalue weighted by Gasteiger charge is 2.57. The third kappa shape index (κ3) is 13.1. The molecule has 284 valence electrons. The van der Waals surface area contributed by atoms with Gasteiger partial charge < -0.3 is 53.6 Å². The van der Waals surface area contributed by atoms with E-state index in [1.54, 1.807) is 0 Å². The molecule has 2 amide bonds. The third-order valence-corrected chi connectivity index (χ3v) is 7.55. The highest BCUT2D eigenvalue weighted by molar-refractivity contribution is 6.76. The summed E-state index contributed by atoms with van der Waals surface area (Å²) < 4.78 is 38.7. The minimum Gasteiger partial charge on any atom is -0.463 e. The Labute approximate surface area is 314 Å². The molecule has 0 spiro atoms. The van der Waals surface area contributed by atoms with Crippen LogP contribution in [0, 0.1) is 0 Å². The number of nitrogens with one attached hydrogen (secondary N) is 2. The largest absolute Gasteiger partial charge is 0.463 e. The van der Waals surface area contributed by atoms with Crippen molar-refractivity contribution in [3.05, 3.63) is 0 Å². The predicted octanol–water partition coefficient (Wildman–Crippen LogP) is 0.445. The van der Waals surface area contributed by atoms with Crippen LogP contribution in [-0.2, 0) is 71.5 Å². The summed E-state index contributed by atoms with van der Waals surface area (Å²) in [5.74, 6) is -7.24. The van der Waals surface area contributed by atoms with Crippen LogP contribution in [0.5, 0.6) is 0 Å². The van der Waals surface area contributed by atoms with Gasteiger partial charge in [-0.2, -0.15) is 0 Å². The van der Waals surface area contributed by atoms with Gasteiger partial charge in [0.05, 0.1) is 0 Å². The molecule has 2 aliphatic heterocycles. The number of hydrogen-bond acceptors (Lipinski definition) is 16. The molecule has 2 rings (SSSR count). The van der Waals surface area contributed by atoms with Crippen molar-refractivity contribution in [2.75, 3.05) is 13.2 Å². The summed E-state index contributed by atoms with van der Waals surface area (Å²) in [5, 5.41) is 15.3. The zero-order chi connectivity index (χ0) is 38.3. The van der Waals surface area contributed by atoms with Crippen LogP contribution in [0.1, 0.15) is 34.6 Å². The number of halogens is 6. The minimum atomic E-state index is -2.65. The molecule has 2 saturated heterocycles. The van der Waals surface area contributed by atoms with Gasteiger partial charge in [-0.1, -0.05) is 69.6 Å². The number of aliphatic hydroxyl groups excluding tert-OH is 1. The molecule has 0 aromatic heterocycles. The Balaban J connectivity index is 2.79. The van der Waals surface area contributed by atoms with E-state index in [0.717, 1.165) is 34.6 Å². The van der Waals surface area contributed by atoms with E-state index in [1.807, 2.05) is 0 Å². The van der Waals surface area contributed by atoms with Crippen molar-refractivity contribution in [1.29, 1.82) is 0 Å². The van der Waals surface area contributed by atoms with E-state index in [0.29, 0.717) is 0 Å². The molecule has 0 aromatic rings. The van der Waals surface area contributed by atoms with Crippen LogP contribution in [-0.4, -0.2) is 129 Å². The highest BCUT2D eigenvalue weighted by atomic mass is 35.6. The normalized spacial score (nSPS) is 29.8. The summed E-state index contributed by atoms with van der Waals surface area (Å²) in [5.41, 5.74) is 0. The van der Waals surface area contributed by atoms with E-state index in [4.69, 9.17) is 108 Å². The number of hydrogen-bond donors (Lipinski definition) is 3. The van der Waals surface area contributed by atoms with Gasteiger partial charge in [0.25, 0.3) is 19.4 Å². The first-order valence-electron chi connectivity index (χ1n) is 14.1. The fourth-order valence-electron chi connectivity index (χ4n) is 4.70. The molecule has 10 atom stereocenters. The van der Waals surface area contributed by atoms with Crippen LogP contribution >= 0.6 is 69.6 Å². The molecule has 0 aliphatic carbocycles. The monoisotopic (exact) mass is 838 g/mol. The number of ether oxygens (including phenoxy) is 8. The first kappa shape index (κ1) is 44.0. The lowest BCUT2D eigenvalue weighted by Crippen LogP contribution is -2.71. The minimum absolute atomic E-state index is 0.665. The quantitative estimate of drug-likeness (QED) is 0.145. The summed E-state index contributed by atoms with van der Waals surface area (Å²) in [4.78, 5) is 85.9. The predicted molar refractivity (Wildman–Crippen MR) is 169 cm³/mol. The van der Waals surface area contributed by atoms with Gasteiger partial charge >= 0.3 is 29.8 Å². The van der Waals surface area contributed by atoms with E-state index in [2.05, 4.69) is 10.6 Å². The summed E-state index contributed by atoms with van der Waals surface area (Å²) in [6.45, 7) is 3.62. The van der Waals surface area contributed by atoms with E-state index in [-0.39, 0.29) is 0 Å². The average molecular weight is 841 g/mol. The van der Waals surface area contributed by atoms with Gasteiger partial charge in [0, 0.05) is 34.6 Å². The highest BCUT2D eigenvalue weighted by Crippen LogP contribution is 2.35. The number of alkyl halides is 6. The number of esters is 5. The van der Waals surface area contributed by atoms with E-state index >= 15 is 0 Å². The van der Waals surface area contributed by atoms with Gasteiger partial charge in [0.15, 0.2) is 30.9 Å². The maximum absolute atomic E-state index is 13.0. The average Bonchev–Trinajstić information content (AvgIpc) is 2.95. The molecule has 1 unspecified atom stereocenters. The van der Waals surface area contributed by atoms with E-state index < -0.39 is 124 Å². The molecule has 0 aromatic carbocycles. The molecule has 2 heterocycles. The molecule has 0 saturated carbocycles. The third-order valence-electron chi connectivity index (χ3n) is 6.52. The van der Waals surface area contributed by atoms with Crippen LogP contribution in [0.25, 0.3) is 0 Å². The molecule has 0 bridgehead atoms. The Morgan fingerprint density at radius 1 is 0.580 bits per heavy atom. The van der Waals surface area contributed by atoms with Gasteiger partial charge in [-0.15, -0.1) is 0 Å². The summed E-state index contributed by atoms with van der Waals surface area (Å²) >= 11 is 34.4. The van der Waals surface area contributed by atoms with Crippen molar-refractivity contribution in [3.63, 3.8) is 0 Å². The number of carbonyl (C=O) groups is 7. The second kappa shape index (κ2) is 18.6. The van der Waals surface area contributed by atoms with Gasteiger partial charge in [-0.25, -0.2) is 0 Å². The van der Waals surface area contributed by atoms with E-state index in [9.17, 15) is 38.7 Å². The molecular formula is C26H32Cl6N2O16. The van der Waals surface area contributed by atoms with Crippen molar-refractivity contribution in [2.24, 2.45) is 0 Å². The zero-order valence-corrected chi connectivity index (χ0v) is 31.1. The van der Waals surface area contributed by atoms with Crippen molar-refractivity contribution in [2.45, 2.75) is 103 Å². The summed E-state index contributed by atoms with van der Waals surface area (Å²) in [6, 6.07) is -3.55. The molecule has 24 heteroatoms. The number of aliphatic hydroxyl groups is 1. The first-order chi connectivity index (χ1) is 22.9. The molecule has 50 heavy (non-hydrogen) atoms. The second-order valence-corrected chi connectivity index (χ2v) is 15.1. The zero-order valence-electron chi connectivity index (χ0n) is 26.5. The van der Waals surface area contributed by atoms with Crippen LogP contribution < -0.4 is 10.6 Å². The van der Waals surface area contributed by atoms with Crippen LogP contribution in [0.3, 0.4) is 0 Å². The standard InChI is InChI=1S/C26H32Cl6N2O16/c1-8(35)43-6-13-18(19(46-11(4)38)15(21(40)48-13)33-23(41)25(27,28)29)50-22-16(34-24(42)26(30,31)32)20(47-12(5)39)17(45-10(3)37)14(49-22)7-44-9(2)36/h13-22,40H,6-7H2,1-5H3,(H,33,41)(H,34,42)/t13-,14-,15-,16-,17-,18-,19+,20+,21?,22+/m1/s1. The Hall–Kier alpha value is -2.13. The topological polar surface area (TPSA) is 238 Å². The van der Waals surface area contributed by atoms with Crippen LogP contribution in [0.2, 0.25) is 0 Å². The van der Waals surface area contributed by atoms with Crippen LogP contribution in [0.4, 0.5) is 0 Å². The van der Waals surface area contributed by atoms with Crippen molar-refractivity contribution >= 4 is 111 Å². The second-order valence-electron chi connectivity index (χ2n) is 10.5. The molecule has 2 fully saturated rings. The Kier molecular flexibility index (Phi) is 16.4. The van der Waals surface area contributed by atoms with Crippen molar-refractivity contribution < 1.29 is 76.6 Å². The molecule has 2 aliphatic rings. The summed E-state index contributed by atoms with van der Waals surface area (Å²) in [6.07, 6.45) is -14.0. The van der Waals surface area contributed by atoms with Gasteiger partial charge in [-0.05, 0) is 0 Å². The Morgan fingerprint density at radius 2 is 0.960 bits per heavy atom. The SMILES string of the molecule is CC(=O)OC[C@H]1OC(O)[C@H](NC(=O)C(Cl)(Cl)Cl)[C@H](OC(C)=O)[C@@H]1O[C@@H]1O[C@H](COC(C)=O)[C@@H](OC(C)=O)[C@@H](OC(C)=O)[C@H]1NC(=O)C(Cl)(Cl)Cl. The fourth-order valence-corrected chi connectivity index (χ4v) is 5.02. The lowest BCUT2D eigenvalue weighted by molar-refractivity contribution is -0.330. The van der Waals surface area contributed by atoms with Gasteiger partial charge in [-0.3, -0.25) is 33.6 Å². The molecule has 18 nitrogen and oxygen atoms in total. The molecule has 3 N–H and O–H groups in total. The van der Waals surface area contributed by atoms with Gasteiger partial charge in [0.1, 0.15) is 43.6 Å². The van der Waals surface area contributed by atoms with Crippen LogP contribution in [0.15, 0.2) is 0 Å². The van der Waals surface area contributed by atoms with Crippen molar-refractivity contribution in [1.82, 2.24) is 10.6 Å². The maximum Gasteiger partial charge on any atom is 0.303 e. The molecule has 0 radical (unpaired) electrons. The van der Waals surface area contributed by atoms with Crippen molar-refractivity contribution in [3.8, 4) is 0 Å². The number of carbonyl (C=O) groups excluding carboxylic acids is 7. The number of rotatable bonds is 11. The van der Waals surface area contributed by atoms with E-state index in [1.165, 1.54) is 0 Å². The maximum atomic E-state index is 13.0. The summed E-state index contributed by atoms with van der Waals surface area (Å²) in [7, 11) is 0.